The molecular formula is C11H11F3. The topological polar surface area (TPSA) is 0 Å². The maximum atomic E-state index is 12.4. The summed E-state index contributed by atoms with van der Waals surface area (Å²) in [4.78, 5) is 0. The summed E-state index contributed by atoms with van der Waals surface area (Å²) in [5.74, 6) is 0.410. The third-order valence-corrected chi connectivity index (χ3v) is 2.85. The molecule has 0 aromatic heterocycles. The standard InChI is InChI=1S/C11H11F3/c1-7-2-3-8-6-9(11(12,13)14)4-5-10(7)8/h4-7H,2-3H2,1H3. The van der Waals surface area contributed by atoms with Crippen LogP contribution in [0.2, 0.25) is 0 Å². The molecule has 0 saturated carbocycles. The molecule has 1 atom stereocenters. The van der Waals surface area contributed by atoms with Crippen LogP contribution in [0.15, 0.2) is 18.2 Å². The van der Waals surface area contributed by atoms with E-state index >= 15 is 0 Å². The second-order valence-corrected chi connectivity index (χ2v) is 3.85. The van der Waals surface area contributed by atoms with Gasteiger partial charge in [0.2, 0.25) is 0 Å². The average Bonchev–Trinajstić information content (AvgIpc) is 2.46. The molecule has 0 saturated heterocycles. The Balaban J connectivity index is 2.42. The summed E-state index contributed by atoms with van der Waals surface area (Å²) in [7, 11) is 0. The Labute approximate surface area is 80.7 Å². The molecule has 2 rings (SSSR count). The van der Waals surface area contributed by atoms with E-state index in [2.05, 4.69) is 6.92 Å². The molecule has 0 spiro atoms. The quantitative estimate of drug-likeness (QED) is 0.598. The SMILES string of the molecule is CC1CCc2cc(C(F)(F)F)ccc21. The number of hydrogen-bond acceptors (Lipinski definition) is 0. The molecule has 0 amide bonds. The molecule has 0 N–H and O–H groups in total. The van der Waals surface area contributed by atoms with E-state index in [4.69, 9.17) is 0 Å². The van der Waals surface area contributed by atoms with Gasteiger partial charge < -0.3 is 0 Å². The first-order chi connectivity index (χ1) is 6.48. The summed E-state index contributed by atoms with van der Waals surface area (Å²) in [6.07, 6.45) is -2.46. The van der Waals surface area contributed by atoms with Gasteiger partial charge in [-0.1, -0.05) is 13.0 Å². The second-order valence-electron chi connectivity index (χ2n) is 3.85. The van der Waals surface area contributed by atoms with Gasteiger partial charge in [-0.3, -0.25) is 0 Å². The van der Waals surface area contributed by atoms with Crippen LogP contribution in [0.5, 0.6) is 0 Å². The number of aryl methyl sites for hydroxylation is 1. The van der Waals surface area contributed by atoms with Gasteiger partial charge in [0.15, 0.2) is 0 Å². The van der Waals surface area contributed by atoms with E-state index in [1.165, 1.54) is 12.1 Å². The number of halogens is 3. The van der Waals surface area contributed by atoms with E-state index in [0.29, 0.717) is 5.92 Å². The third-order valence-electron chi connectivity index (χ3n) is 2.85. The van der Waals surface area contributed by atoms with E-state index in [9.17, 15) is 13.2 Å². The Morgan fingerprint density at radius 2 is 2.00 bits per heavy atom. The number of benzene rings is 1. The van der Waals surface area contributed by atoms with Gasteiger partial charge in [0.1, 0.15) is 0 Å². The highest BCUT2D eigenvalue weighted by atomic mass is 19.4. The molecule has 1 aliphatic carbocycles. The van der Waals surface area contributed by atoms with Gasteiger partial charge >= 0.3 is 6.18 Å². The number of hydrogen-bond donors (Lipinski definition) is 0. The van der Waals surface area contributed by atoms with Crippen LogP contribution in [0, 0.1) is 0 Å². The van der Waals surface area contributed by atoms with Gasteiger partial charge in [0, 0.05) is 0 Å². The zero-order valence-electron chi connectivity index (χ0n) is 7.86. The molecule has 1 aromatic carbocycles. The predicted molar refractivity (Wildman–Crippen MR) is 48.2 cm³/mol. The van der Waals surface area contributed by atoms with Gasteiger partial charge in [-0.05, 0) is 42.0 Å². The zero-order chi connectivity index (χ0) is 10.3. The van der Waals surface area contributed by atoms with Crippen molar-refractivity contribution < 1.29 is 13.2 Å². The van der Waals surface area contributed by atoms with Gasteiger partial charge in [-0.2, -0.15) is 13.2 Å². The van der Waals surface area contributed by atoms with Crippen molar-refractivity contribution in [2.45, 2.75) is 31.9 Å². The molecule has 1 unspecified atom stereocenters. The highest BCUT2D eigenvalue weighted by Gasteiger charge is 2.32. The van der Waals surface area contributed by atoms with Crippen molar-refractivity contribution in [2.75, 3.05) is 0 Å². The largest absolute Gasteiger partial charge is 0.416 e. The second kappa shape index (κ2) is 3.01. The molecule has 14 heavy (non-hydrogen) atoms. The van der Waals surface area contributed by atoms with Crippen LogP contribution in [-0.4, -0.2) is 0 Å². The lowest BCUT2D eigenvalue weighted by atomic mass is 10.0. The van der Waals surface area contributed by atoms with E-state index < -0.39 is 11.7 Å². The number of rotatable bonds is 0. The summed E-state index contributed by atoms with van der Waals surface area (Å²) < 4.78 is 37.1. The summed E-state index contributed by atoms with van der Waals surface area (Å²) in [5, 5.41) is 0. The van der Waals surface area contributed by atoms with Crippen molar-refractivity contribution in [3.8, 4) is 0 Å². The first-order valence-electron chi connectivity index (χ1n) is 4.68. The molecular weight excluding hydrogens is 189 g/mol. The first-order valence-corrected chi connectivity index (χ1v) is 4.68. The van der Waals surface area contributed by atoms with Crippen molar-refractivity contribution in [2.24, 2.45) is 0 Å². The molecule has 0 heterocycles. The Kier molecular flexibility index (Phi) is 2.05. The molecule has 1 aliphatic rings. The van der Waals surface area contributed by atoms with Gasteiger partial charge in [-0.15, -0.1) is 0 Å². The lowest BCUT2D eigenvalue weighted by molar-refractivity contribution is -0.137. The smallest absolute Gasteiger partial charge is 0.166 e. The van der Waals surface area contributed by atoms with Crippen LogP contribution >= 0.6 is 0 Å². The molecule has 0 radical (unpaired) electrons. The van der Waals surface area contributed by atoms with E-state index in [1.807, 2.05) is 0 Å². The van der Waals surface area contributed by atoms with Crippen molar-refractivity contribution >= 4 is 0 Å². The van der Waals surface area contributed by atoms with E-state index in [-0.39, 0.29) is 0 Å². The summed E-state index contributed by atoms with van der Waals surface area (Å²) in [6.45, 7) is 2.05. The summed E-state index contributed by atoms with van der Waals surface area (Å²) >= 11 is 0. The van der Waals surface area contributed by atoms with Gasteiger partial charge in [0.05, 0.1) is 5.56 Å². The lowest BCUT2D eigenvalue weighted by Gasteiger charge is -2.09. The number of alkyl halides is 3. The Morgan fingerprint density at radius 1 is 1.29 bits per heavy atom. The highest BCUT2D eigenvalue weighted by Crippen LogP contribution is 2.37. The van der Waals surface area contributed by atoms with Gasteiger partial charge in [-0.25, -0.2) is 0 Å². The summed E-state index contributed by atoms with van der Waals surface area (Å²) in [6, 6.07) is 4.09. The minimum Gasteiger partial charge on any atom is -0.166 e. The van der Waals surface area contributed by atoms with E-state index in [0.717, 1.165) is 24.0 Å². The third kappa shape index (κ3) is 1.51. The van der Waals surface area contributed by atoms with Crippen LogP contribution in [0.25, 0.3) is 0 Å². The van der Waals surface area contributed by atoms with Crippen molar-refractivity contribution in [3.63, 3.8) is 0 Å². The maximum Gasteiger partial charge on any atom is 0.416 e. The summed E-state index contributed by atoms with van der Waals surface area (Å²) in [5.41, 5.74) is 1.43. The normalized spacial score (nSPS) is 21.0. The van der Waals surface area contributed by atoms with Crippen molar-refractivity contribution in [1.29, 1.82) is 0 Å². The van der Waals surface area contributed by atoms with Crippen molar-refractivity contribution in [3.05, 3.63) is 34.9 Å². The van der Waals surface area contributed by atoms with E-state index in [1.54, 1.807) is 6.07 Å². The molecule has 76 valence electrons. The Morgan fingerprint density at radius 3 is 2.64 bits per heavy atom. The molecule has 1 aromatic rings. The Bertz CT molecular complexity index is 352. The monoisotopic (exact) mass is 200 g/mol. The van der Waals surface area contributed by atoms with Gasteiger partial charge in [0.25, 0.3) is 0 Å². The fourth-order valence-electron chi connectivity index (χ4n) is 2.01. The molecule has 3 heteroatoms. The fraction of sp³-hybridized carbons (Fsp3) is 0.455. The number of fused-ring (bicyclic) bond motifs is 1. The first kappa shape index (κ1) is 9.56. The predicted octanol–water partition coefficient (Wildman–Crippen LogP) is 3.76. The van der Waals surface area contributed by atoms with Crippen LogP contribution in [0.4, 0.5) is 13.2 Å². The molecule has 0 aliphatic heterocycles. The van der Waals surface area contributed by atoms with Crippen LogP contribution < -0.4 is 0 Å². The van der Waals surface area contributed by atoms with Crippen LogP contribution in [0.1, 0.15) is 36.0 Å². The molecule has 0 fully saturated rings. The zero-order valence-corrected chi connectivity index (χ0v) is 7.86. The fourth-order valence-corrected chi connectivity index (χ4v) is 2.01. The molecule has 0 nitrogen and oxygen atoms in total. The van der Waals surface area contributed by atoms with Crippen LogP contribution in [-0.2, 0) is 12.6 Å². The van der Waals surface area contributed by atoms with Crippen molar-refractivity contribution in [1.82, 2.24) is 0 Å². The lowest BCUT2D eigenvalue weighted by Crippen LogP contribution is -2.05. The highest BCUT2D eigenvalue weighted by molar-refractivity contribution is 5.38. The maximum absolute atomic E-state index is 12.4. The Hall–Kier alpha value is -0.990. The minimum absolute atomic E-state index is 0.410. The minimum atomic E-state index is -4.21. The van der Waals surface area contributed by atoms with Crippen LogP contribution in [0.3, 0.4) is 0 Å². The molecule has 0 bridgehead atoms. The average molecular weight is 200 g/mol.